The highest BCUT2D eigenvalue weighted by molar-refractivity contribution is 5.39. The molecule has 3 heteroatoms. The van der Waals surface area contributed by atoms with Gasteiger partial charge < -0.3 is 15.2 Å². The number of rotatable bonds is 4. The van der Waals surface area contributed by atoms with Gasteiger partial charge in [0.1, 0.15) is 0 Å². The van der Waals surface area contributed by atoms with Gasteiger partial charge in [-0.2, -0.15) is 0 Å². The van der Waals surface area contributed by atoms with E-state index in [4.69, 9.17) is 15.2 Å². The molecule has 0 bridgehead atoms. The topological polar surface area (TPSA) is 44.5 Å². The smallest absolute Gasteiger partial charge is 0.0817 e. The molecule has 0 radical (unpaired) electrons. The van der Waals surface area contributed by atoms with E-state index in [0.717, 1.165) is 24.1 Å². The molecule has 1 heterocycles. The molecule has 1 aliphatic heterocycles. The standard InChI is InChI=1S/C14H21NO2/c1-14(2)8-7-13(17-14)10-16-9-11-3-5-12(15)6-4-11/h3-6,13H,7-10,15H2,1-2H3. The van der Waals surface area contributed by atoms with E-state index in [9.17, 15) is 0 Å². The Hall–Kier alpha value is -1.06. The largest absolute Gasteiger partial charge is 0.399 e. The van der Waals surface area contributed by atoms with Crippen LogP contribution in [0.25, 0.3) is 0 Å². The minimum absolute atomic E-state index is 0.0230. The average Bonchev–Trinajstić information content (AvgIpc) is 2.61. The summed E-state index contributed by atoms with van der Waals surface area (Å²) in [6, 6.07) is 7.78. The Labute approximate surface area is 103 Å². The lowest BCUT2D eigenvalue weighted by Gasteiger charge is -2.19. The van der Waals surface area contributed by atoms with Crippen LogP contribution in [-0.2, 0) is 16.1 Å². The molecule has 17 heavy (non-hydrogen) atoms. The van der Waals surface area contributed by atoms with Crippen molar-refractivity contribution in [3.8, 4) is 0 Å². The number of ether oxygens (including phenoxy) is 2. The molecule has 1 unspecified atom stereocenters. The Morgan fingerprint density at radius 3 is 2.65 bits per heavy atom. The zero-order valence-electron chi connectivity index (χ0n) is 10.6. The van der Waals surface area contributed by atoms with Crippen molar-refractivity contribution in [2.24, 2.45) is 0 Å². The maximum Gasteiger partial charge on any atom is 0.0817 e. The molecule has 0 aliphatic carbocycles. The third-order valence-corrected chi connectivity index (χ3v) is 3.11. The predicted octanol–water partition coefficient (Wildman–Crippen LogP) is 2.74. The molecule has 2 N–H and O–H groups in total. The Kier molecular flexibility index (Phi) is 3.69. The van der Waals surface area contributed by atoms with E-state index in [1.807, 2.05) is 24.3 Å². The average molecular weight is 235 g/mol. The highest BCUT2D eigenvalue weighted by Crippen LogP contribution is 2.29. The van der Waals surface area contributed by atoms with E-state index < -0.39 is 0 Å². The van der Waals surface area contributed by atoms with Crippen LogP contribution in [0.2, 0.25) is 0 Å². The third kappa shape index (κ3) is 3.72. The zero-order chi connectivity index (χ0) is 12.3. The summed E-state index contributed by atoms with van der Waals surface area (Å²) < 4.78 is 11.5. The van der Waals surface area contributed by atoms with Crippen LogP contribution in [-0.4, -0.2) is 18.3 Å². The summed E-state index contributed by atoms with van der Waals surface area (Å²) in [5.74, 6) is 0. The van der Waals surface area contributed by atoms with Crippen molar-refractivity contribution in [1.82, 2.24) is 0 Å². The first-order valence-corrected chi connectivity index (χ1v) is 6.15. The second-order valence-electron chi connectivity index (χ2n) is 5.29. The van der Waals surface area contributed by atoms with Gasteiger partial charge >= 0.3 is 0 Å². The van der Waals surface area contributed by atoms with Crippen LogP contribution in [0.5, 0.6) is 0 Å². The number of nitrogen functional groups attached to an aromatic ring is 1. The molecule has 1 fully saturated rings. The van der Waals surface area contributed by atoms with Gasteiger partial charge in [0, 0.05) is 5.69 Å². The molecular weight excluding hydrogens is 214 g/mol. The maximum atomic E-state index is 5.86. The molecule has 3 nitrogen and oxygen atoms in total. The fourth-order valence-corrected chi connectivity index (χ4v) is 2.12. The van der Waals surface area contributed by atoms with Crippen molar-refractivity contribution in [3.63, 3.8) is 0 Å². The molecule has 1 aromatic rings. The van der Waals surface area contributed by atoms with Gasteiger partial charge in [-0.05, 0) is 44.4 Å². The van der Waals surface area contributed by atoms with Gasteiger partial charge in [-0.3, -0.25) is 0 Å². The molecule has 0 amide bonds. The first kappa shape index (κ1) is 12.4. The fraction of sp³-hybridized carbons (Fsp3) is 0.571. The Bertz CT molecular complexity index is 359. The van der Waals surface area contributed by atoms with E-state index in [0.29, 0.717) is 13.2 Å². The highest BCUT2D eigenvalue weighted by Gasteiger charge is 2.31. The maximum absolute atomic E-state index is 5.86. The first-order chi connectivity index (χ1) is 8.05. The van der Waals surface area contributed by atoms with Crippen LogP contribution in [0.15, 0.2) is 24.3 Å². The van der Waals surface area contributed by atoms with Crippen molar-refractivity contribution in [1.29, 1.82) is 0 Å². The Morgan fingerprint density at radius 2 is 2.06 bits per heavy atom. The van der Waals surface area contributed by atoms with Crippen LogP contribution in [0.1, 0.15) is 32.3 Å². The van der Waals surface area contributed by atoms with E-state index in [1.54, 1.807) is 0 Å². The molecule has 0 aromatic heterocycles. The second kappa shape index (κ2) is 5.07. The molecule has 2 rings (SSSR count). The summed E-state index contributed by atoms with van der Waals surface area (Å²) in [6.07, 6.45) is 2.45. The van der Waals surface area contributed by atoms with E-state index in [2.05, 4.69) is 13.8 Å². The predicted molar refractivity (Wildman–Crippen MR) is 68.7 cm³/mol. The Balaban J connectivity index is 1.71. The summed E-state index contributed by atoms with van der Waals surface area (Å²) in [7, 11) is 0. The quantitative estimate of drug-likeness (QED) is 0.816. The van der Waals surface area contributed by atoms with Crippen LogP contribution in [0.4, 0.5) is 5.69 Å². The van der Waals surface area contributed by atoms with Crippen LogP contribution in [0, 0.1) is 0 Å². The minimum atomic E-state index is 0.0230. The fourth-order valence-electron chi connectivity index (χ4n) is 2.12. The minimum Gasteiger partial charge on any atom is -0.399 e. The molecule has 0 spiro atoms. The lowest BCUT2D eigenvalue weighted by molar-refractivity contribution is -0.0562. The summed E-state index contributed by atoms with van der Waals surface area (Å²) >= 11 is 0. The Morgan fingerprint density at radius 1 is 1.35 bits per heavy atom. The van der Waals surface area contributed by atoms with Crippen molar-refractivity contribution in [3.05, 3.63) is 29.8 Å². The van der Waals surface area contributed by atoms with Gasteiger partial charge in [0.25, 0.3) is 0 Å². The summed E-state index contributed by atoms with van der Waals surface area (Å²) in [5.41, 5.74) is 7.58. The van der Waals surface area contributed by atoms with Gasteiger partial charge in [0.15, 0.2) is 0 Å². The molecular formula is C14H21NO2. The van der Waals surface area contributed by atoms with E-state index in [1.165, 1.54) is 0 Å². The molecule has 1 aliphatic rings. The number of benzene rings is 1. The number of anilines is 1. The summed E-state index contributed by atoms with van der Waals surface area (Å²) in [5, 5.41) is 0. The number of hydrogen-bond acceptors (Lipinski definition) is 3. The van der Waals surface area contributed by atoms with Gasteiger partial charge in [-0.1, -0.05) is 12.1 Å². The molecule has 0 saturated carbocycles. The normalized spacial score (nSPS) is 22.8. The van der Waals surface area contributed by atoms with Gasteiger partial charge in [-0.15, -0.1) is 0 Å². The van der Waals surface area contributed by atoms with Crippen LogP contribution >= 0.6 is 0 Å². The summed E-state index contributed by atoms with van der Waals surface area (Å²) in [6.45, 7) is 5.56. The van der Waals surface area contributed by atoms with Crippen molar-refractivity contribution < 1.29 is 9.47 Å². The lowest BCUT2D eigenvalue weighted by Crippen LogP contribution is -2.22. The monoisotopic (exact) mass is 235 g/mol. The first-order valence-electron chi connectivity index (χ1n) is 6.15. The van der Waals surface area contributed by atoms with Crippen molar-refractivity contribution in [2.75, 3.05) is 12.3 Å². The zero-order valence-corrected chi connectivity index (χ0v) is 10.6. The second-order valence-corrected chi connectivity index (χ2v) is 5.29. The van der Waals surface area contributed by atoms with E-state index in [-0.39, 0.29) is 11.7 Å². The number of hydrogen-bond donors (Lipinski definition) is 1. The lowest BCUT2D eigenvalue weighted by atomic mass is 10.1. The van der Waals surface area contributed by atoms with Gasteiger partial charge in [0.2, 0.25) is 0 Å². The highest BCUT2D eigenvalue weighted by atomic mass is 16.5. The van der Waals surface area contributed by atoms with E-state index >= 15 is 0 Å². The van der Waals surface area contributed by atoms with Gasteiger partial charge in [0.05, 0.1) is 24.9 Å². The molecule has 1 saturated heterocycles. The number of nitrogens with two attached hydrogens (primary N) is 1. The molecule has 1 atom stereocenters. The van der Waals surface area contributed by atoms with Crippen LogP contribution in [0.3, 0.4) is 0 Å². The van der Waals surface area contributed by atoms with Crippen molar-refractivity contribution >= 4 is 5.69 Å². The SMILES string of the molecule is CC1(C)CCC(COCc2ccc(N)cc2)O1. The summed E-state index contributed by atoms with van der Waals surface area (Å²) in [4.78, 5) is 0. The van der Waals surface area contributed by atoms with Crippen LogP contribution < -0.4 is 5.73 Å². The van der Waals surface area contributed by atoms with Crippen molar-refractivity contribution in [2.45, 2.75) is 45.0 Å². The molecule has 94 valence electrons. The van der Waals surface area contributed by atoms with Gasteiger partial charge in [-0.25, -0.2) is 0 Å². The third-order valence-electron chi connectivity index (χ3n) is 3.11. The molecule has 1 aromatic carbocycles.